The van der Waals surface area contributed by atoms with Gasteiger partial charge in [-0.3, -0.25) is 4.79 Å². The van der Waals surface area contributed by atoms with Crippen molar-refractivity contribution in [2.24, 2.45) is 5.41 Å². The van der Waals surface area contributed by atoms with Crippen LogP contribution >= 0.6 is 0 Å². The van der Waals surface area contributed by atoms with Crippen molar-refractivity contribution in [3.05, 3.63) is 76.1 Å². The minimum Gasteiger partial charge on any atom is -0.497 e. The van der Waals surface area contributed by atoms with Crippen LogP contribution in [0.15, 0.2) is 65.0 Å². The van der Waals surface area contributed by atoms with Crippen molar-refractivity contribution in [1.29, 1.82) is 0 Å². The zero-order valence-electron chi connectivity index (χ0n) is 21.7. The third-order valence-corrected chi connectivity index (χ3v) is 6.74. The molecule has 0 aromatic heterocycles. The number of rotatable bonds is 7. The molecule has 4 rings (SSSR count). The van der Waals surface area contributed by atoms with Gasteiger partial charge in [0.15, 0.2) is 5.78 Å². The van der Waals surface area contributed by atoms with E-state index in [1.165, 1.54) is 7.11 Å². The largest absolute Gasteiger partial charge is 0.497 e. The third-order valence-electron chi connectivity index (χ3n) is 6.74. The van der Waals surface area contributed by atoms with Crippen LogP contribution < -0.4 is 19.5 Å². The number of allylic oxidation sites excluding steroid dienone is 3. The molecule has 0 unspecified atom stereocenters. The summed E-state index contributed by atoms with van der Waals surface area (Å²) in [5.41, 5.74) is 4.12. The molecule has 1 aliphatic carbocycles. The molecule has 1 N–H and O–H groups in total. The zero-order chi connectivity index (χ0) is 26.0. The number of benzene rings is 2. The second-order valence-corrected chi connectivity index (χ2v) is 9.96. The number of hydrogen-bond acceptors (Lipinski definition) is 7. The Hall–Kier alpha value is -3.74. The number of methoxy groups -OCH3 is 3. The molecule has 1 heterocycles. The fourth-order valence-corrected chi connectivity index (χ4v) is 5.04. The lowest BCUT2D eigenvalue weighted by atomic mass is 9.68. The molecule has 190 valence electrons. The van der Waals surface area contributed by atoms with Gasteiger partial charge in [0.1, 0.15) is 23.9 Å². The van der Waals surface area contributed by atoms with Crippen molar-refractivity contribution in [3.63, 3.8) is 0 Å². The molecule has 7 heteroatoms. The number of hydrogen-bond donors (Lipinski definition) is 1. The number of ketones is 1. The lowest BCUT2D eigenvalue weighted by molar-refractivity contribution is -0.136. The number of carbonyl (C=O) groups excluding carboxylic acids is 2. The first-order valence-electron chi connectivity index (χ1n) is 11.9. The van der Waals surface area contributed by atoms with E-state index in [1.54, 1.807) is 14.2 Å². The van der Waals surface area contributed by atoms with Gasteiger partial charge in [-0.05, 0) is 54.7 Å². The molecule has 0 radical (unpaired) electrons. The van der Waals surface area contributed by atoms with Crippen LogP contribution in [0.1, 0.15) is 50.7 Å². The molecule has 0 saturated heterocycles. The zero-order valence-corrected chi connectivity index (χ0v) is 21.7. The Bertz CT molecular complexity index is 1240. The molecule has 0 spiro atoms. The molecule has 0 saturated carbocycles. The van der Waals surface area contributed by atoms with E-state index in [4.69, 9.17) is 18.9 Å². The van der Waals surface area contributed by atoms with Gasteiger partial charge in [0, 0.05) is 34.9 Å². The maximum Gasteiger partial charge on any atom is 0.336 e. The van der Waals surface area contributed by atoms with E-state index in [1.807, 2.05) is 49.4 Å². The smallest absolute Gasteiger partial charge is 0.336 e. The first-order chi connectivity index (χ1) is 17.2. The molecule has 2 aromatic rings. The normalized spacial score (nSPS) is 18.8. The summed E-state index contributed by atoms with van der Waals surface area (Å²) < 4.78 is 22.0. The van der Waals surface area contributed by atoms with Gasteiger partial charge in [-0.15, -0.1) is 0 Å². The Kier molecular flexibility index (Phi) is 7.11. The van der Waals surface area contributed by atoms with Gasteiger partial charge < -0.3 is 24.3 Å². The molecular weight excluding hydrogens is 458 g/mol. The first-order valence-corrected chi connectivity index (χ1v) is 11.9. The van der Waals surface area contributed by atoms with Crippen molar-refractivity contribution in [2.75, 3.05) is 21.3 Å². The van der Waals surface area contributed by atoms with Gasteiger partial charge >= 0.3 is 5.97 Å². The highest BCUT2D eigenvalue weighted by Crippen LogP contribution is 2.47. The van der Waals surface area contributed by atoms with E-state index in [0.29, 0.717) is 41.4 Å². The summed E-state index contributed by atoms with van der Waals surface area (Å²) >= 11 is 0. The number of ether oxygens (including phenoxy) is 4. The van der Waals surface area contributed by atoms with Crippen molar-refractivity contribution in [1.82, 2.24) is 5.32 Å². The number of carbonyl (C=O) groups is 2. The highest BCUT2D eigenvalue weighted by Gasteiger charge is 2.43. The Balaban J connectivity index is 1.71. The second-order valence-electron chi connectivity index (χ2n) is 9.96. The van der Waals surface area contributed by atoms with Crippen molar-refractivity contribution in [3.8, 4) is 17.2 Å². The third kappa shape index (κ3) is 4.96. The molecule has 1 aliphatic heterocycles. The monoisotopic (exact) mass is 491 g/mol. The van der Waals surface area contributed by atoms with Gasteiger partial charge in [-0.2, -0.15) is 0 Å². The molecule has 0 amide bonds. The average Bonchev–Trinajstić information content (AvgIpc) is 2.85. The minimum absolute atomic E-state index is 0.0403. The fourth-order valence-electron chi connectivity index (χ4n) is 5.04. The summed E-state index contributed by atoms with van der Waals surface area (Å²) in [6, 6.07) is 13.1. The van der Waals surface area contributed by atoms with Crippen LogP contribution in [0.3, 0.4) is 0 Å². The Labute approximate surface area is 212 Å². The van der Waals surface area contributed by atoms with Crippen LogP contribution in [0.25, 0.3) is 0 Å². The Morgan fingerprint density at radius 1 is 1.00 bits per heavy atom. The van der Waals surface area contributed by atoms with Gasteiger partial charge in [-0.1, -0.05) is 26.0 Å². The molecule has 0 bridgehead atoms. The number of nitrogens with one attached hydrogen (secondary N) is 1. The minimum atomic E-state index is -0.539. The number of esters is 1. The molecule has 2 aliphatic rings. The number of dihydropyridines is 1. The molecule has 1 atom stereocenters. The summed E-state index contributed by atoms with van der Waals surface area (Å²) in [6.45, 7) is 6.31. The SMILES string of the molecule is COC(=O)C1=C(C)NC2=C(C(=O)CC(C)(C)C2)[C@@H]1c1ccc(COc2ccc(OC)cc2)c(OC)c1. The molecule has 7 nitrogen and oxygen atoms in total. The van der Waals surface area contributed by atoms with Crippen LogP contribution in [0, 0.1) is 5.41 Å². The second kappa shape index (κ2) is 10.1. The van der Waals surface area contributed by atoms with E-state index < -0.39 is 11.9 Å². The predicted octanol–water partition coefficient (Wildman–Crippen LogP) is 5.06. The van der Waals surface area contributed by atoms with E-state index >= 15 is 0 Å². The van der Waals surface area contributed by atoms with Crippen LogP contribution in [0.4, 0.5) is 0 Å². The first kappa shape index (κ1) is 25.4. The molecule has 36 heavy (non-hydrogen) atoms. The average molecular weight is 492 g/mol. The molecule has 0 fully saturated rings. The lowest BCUT2D eigenvalue weighted by Gasteiger charge is -2.39. The van der Waals surface area contributed by atoms with Gasteiger partial charge in [0.2, 0.25) is 0 Å². The molecule has 2 aromatic carbocycles. The summed E-state index contributed by atoms with van der Waals surface area (Å²) in [5.74, 6) is 1.12. The summed E-state index contributed by atoms with van der Waals surface area (Å²) in [4.78, 5) is 26.3. The van der Waals surface area contributed by atoms with Crippen LogP contribution in [0.2, 0.25) is 0 Å². The van der Waals surface area contributed by atoms with Gasteiger partial charge in [-0.25, -0.2) is 4.79 Å². The van der Waals surface area contributed by atoms with Crippen molar-refractivity contribution < 1.29 is 28.5 Å². The van der Waals surface area contributed by atoms with Crippen LogP contribution in [0.5, 0.6) is 17.2 Å². The highest BCUT2D eigenvalue weighted by atomic mass is 16.5. The Morgan fingerprint density at radius 3 is 2.33 bits per heavy atom. The highest BCUT2D eigenvalue weighted by molar-refractivity contribution is 6.04. The maximum absolute atomic E-state index is 13.4. The van der Waals surface area contributed by atoms with Crippen LogP contribution in [-0.4, -0.2) is 33.1 Å². The van der Waals surface area contributed by atoms with E-state index in [9.17, 15) is 9.59 Å². The van der Waals surface area contributed by atoms with Crippen LogP contribution in [-0.2, 0) is 20.9 Å². The van der Waals surface area contributed by atoms with Crippen molar-refractivity contribution >= 4 is 11.8 Å². The summed E-state index contributed by atoms with van der Waals surface area (Å²) in [5, 5.41) is 3.33. The van der Waals surface area contributed by atoms with Gasteiger partial charge in [0.25, 0.3) is 0 Å². The topological polar surface area (TPSA) is 83.1 Å². The van der Waals surface area contributed by atoms with Crippen molar-refractivity contribution in [2.45, 2.75) is 46.1 Å². The summed E-state index contributed by atoms with van der Waals surface area (Å²) in [6.07, 6.45) is 1.14. The maximum atomic E-state index is 13.4. The van der Waals surface area contributed by atoms with E-state index in [2.05, 4.69) is 19.2 Å². The summed E-state index contributed by atoms with van der Waals surface area (Å²) in [7, 11) is 4.57. The van der Waals surface area contributed by atoms with E-state index in [0.717, 1.165) is 29.0 Å². The fraction of sp³-hybridized carbons (Fsp3) is 0.379. The standard InChI is InChI=1S/C29H33NO6/c1-17-25(28(32)35-6)26(27-22(30-17)14-29(2,3)15-23(27)31)18-7-8-19(24(13-18)34-5)16-36-21-11-9-20(33-4)10-12-21/h7-13,26,30H,14-16H2,1-6H3/t26-/m1/s1. The lowest BCUT2D eigenvalue weighted by Crippen LogP contribution is -2.38. The Morgan fingerprint density at radius 2 is 1.69 bits per heavy atom. The van der Waals surface area contributed by atoms with E-state index in [-0.39, 0.29) is 11.2 Å². The van der Waals surface area contributed by atoms with Gasteiger partial charge in [0.05, 0.1) is 26.9 Å². The molecular formula is C29H33NO6. The quantitative estimate of drug-likeness (QED) is 0.542. The number of Topliss-reactive ketones (excluding diaryl/α,β-unsaturated/α-hetero) is 1. The predicted molar refractivity (Wildman–Crippen MR) is 136 cm³/mol.